The SMILES string of the molecule is COc1ccc(C(=O)NC(C)c2ccc(Cl)cc2)cc1COc1ccc(C)cc1. The standard InChI is InChI=1S/C24H24ClNO3/c1-16-4-11-22(12-5-16)29-15-20-14-19(8-13-23(20)28-3)24(27)26-17(2)18-6-9-21(25)10-7-18/h4-14,17H,15H2,1-3H3,(H,26,27). The minimum atomic E-state index is -0.160. The molecule has 0 aliphatic rings. The van der Waals surface area contributed by atoms with E-state index < -0.39 is 0 Å². The second-order valence-electron chi connectivity index (χ2n) is 6.88. The first kappa shape index (κ1) is 20.7. The summed E-state index contributed by atoms with van der Waals surface area (Å²) in [5.41, 5.74) is 3.51. The maximum absolute atomic E-state index is 12.7. The molecule has 1 atom stereocenters. The molecule has 1 N–H and O–H groups in total. The molecule has 0 aliphatic heterocycles. The molecule has 29 heavy (non-hydrogen) atoms. The van der Waals surface area contributed by atoms with Crippen LogP contribution in [0.1, 0.15) is 40.0 Å². The van der Waals surface area contributed by atoms with Gasteiger partial charge >= 0.3 is 0 Å². The van der Waals surface area contributed by atoms with E-state index >= 15 is 0 Å². The Bertz CT molecular complexity index is 968. The molecule has 0 spiro atoms. The number of amides is 1. The molecule has 3 aromatic rings. The number of aryl methyl sites for hydroxylation is 1. The molecule has 0 saturated heterocycles. The van der Waals surface area contributed by atoms with Crippen LogP contribution in [0, 0.1) is 6.92 Å². The molecule has 0 fully saturated rings. The monoisotopic (exact) mass is 409 g/mol. The fraction of sp³-hybridized carbons (Fsp3) is 0.208. The van der Waals surface area contributed by atoms with Crippen LogP contribution in [0.15, 0.2) is 66.7 Å². The fourth-order valence-corrected chi connectivity index (χ4v) is 3.07. The second-order valence-corrected chi connectivity index (χ2v) is 7.31. The molecule has 0 radical (unpaired) electrons. The minimum absolute atomic E-state index is 0.144. The van der Waals surface area contributed by atoms with Crippen molar-refractivity contribution >= 4 is 17.5 Å². The lowest BCUT2D eigenvalue weighted by molar-refractivity contribution is 0.0939. The molecular formula is C24H24ClNO3. The number of halogens is 1. The van der Waals surface area contributed by atoms with E-state index in [1.807, 2.05) is 62.4 Å². The number of hydrogen-bond acceptors (Lipinski definition) is 3. The predicted molar refractivity (Wildman–Crippen MR) is 116 cm³/mol. The molecule has 5 heteroatoms. The van der Waals surface area contributed by atoms with Crippen LogP contribution in [0.3, 0.4) is 0 Å². The van der Waals surface area contributed by atoms with Crippen molar-refractivity contribution in [2.24, 2.45) is 0 Å². The average molecular weight is 410 g/mol. The summed E-state index contributed by atoms with van der Waals surface area (Å²) in [5.74, 6) is 1.29. The molecule has 0 heterocycles. The van der Waals surface area contributed by atoms with E-state index in [-0.39, 0.29) is 11.9 Å². The molecule has 150 valence electrons. The van der Waals surface area contributed by atoms with Crippen LogP contribution in [0.5, 0.6) is 11.5 Å². The van der Waals surface area contributed by atoms with Crippen molar-refractivity contribution in [2.45, 2.75) is 26.5 Å². The van der Waals surface area contributed by atoms with Crippen molar-refractivity contribution in [3.05, 3.63) is 94.0 Å². The lowest BCUT2D eigenvalue weighted by Crippen LogP contribution is -2.26. The fourth-order valence-electron chi connectivity index (χ4n) is 2.94. The largest absolute Gasteiger partial charge is 0.496 e. The van der Waals surface area contributed by atoms with Gasteiger partial charge in [0, 0.05) is 16.1 Å². The Morgan fingerprint density at radius 3 is 2.38 bits per heavy atom. The van der Waals surface area contributed by atoms with Gasteiger partial charge in [-0.3, -0.25) is 4.79 Å². The Morgan fingerprint density at radius 2 is 1.72 bits per heavy atom. The molecular weight excluding hydrogens is 386 g/mol. The third-order valence-electron chi connectivity index (χ3n) is 4.68. The van der Waals surface area contributed by atoms with Crippen LogP contribution in [-0.4, -0.2) is 13.0 Å². The highest BCUT2D eigenvalue weighted by molar-refractivity contribution is 6.30. The molecule has 0 aromatic heterocycles. The van der Waals surface area contributed by atoms with E-state index in [2.05, 4.69) is 5.32 Å². The minimum Gasteiger partial charge on any atom is -0.496 e. The second kappa shape index (κ2) is 9.48. The first-order chi connectivity index (χ1) is 14.0. The van der Waals surface area contributed by atoms with Gasteiger partial charge in [-0.05, 0) is 61.9 Å². The Labute approximate surface area is 176 Å². The summed E-state index contributed by atoms with van der Waals surface area (Å²) in [6, 6.07) is 20.5. The van der Waals surface area contributed by atoms with Gasteiger partial charge in [-0.25, -0.2) is 0 Å². The molecule has 4 nitrogen and oxygen atoms in total. The van der Waals surface area contributed by atoms with Crippen LogP contribution in [0.25, 0.3) is 0 Å². The highest BCUT2D eigenvalue weighted by Gasteiger charge is 2.14. The summed E-state index contributed by atoms with van der Waals surface area (Å²) in [7, 11) is 1.60. The van der Waals surface area contributed by atoms with Crippen molar-refractivity contribution in [2.75, 3.05) is 7.11 Å². The van der Waals surface area contributed by atoms with Crippen molar-refractivity contribution in [1.82, 2.24) is 5.32 Å². The van der Waals surface area contributed by atoms with E-state index in [1.165, 1.54) is 5.56 Å². The Kier molecular flexibility index (Phi) is 6.78. The van der Waals surface area contributed by atoms with Crippen LogP contribution in [0.4, 0.5) is 0 Å². The molecule has 1 unspecified atom stereocenters. The highest BCUT2D eigenvalue weighted by atomic mass is 35.5. The maximum atomic E-state index is 12.7. The summed E-state index contributed by atoms with van der Waals surface area (Å²) in [4.78, 5) is 12.7. The predicted octanol–water partition coefficient (Wildman–Crippen LogP) is 5.73. The zero-order valence-corrected chi connectivity index (χ0v) is 17.5. The number of benzene rings is 3. The number of carbonyl (C=O) groups is 1. The van der Waals surface area contributed by atoms with Crippen molar-refractivity contribution in [1.29, 1.82) is 0 Å². The van der Waals surface area contributed by atoms with Crippen LogP contribution < -0.4 is 14.8 Å². The van der Waals surface area contributed by atoms with Gasteiger partial charge in [-0.1, -0.05) is 41.4 Å². The topological polar surface area (TPSA) is 47.6 Å². The molecule has 0 aliphatic carbocycles. The van der Waals surface area contributed by atoms with Crippen molar-refractivity contribution < 1.29 is 14.3 Å². The van der Waals surface area contributed by atoms with E-state index in [0.29, 0.717) is 22.9 Å². The van der Waals surface area contributed by atoms with Crippen molar-refractivity contribution in [3.8, 4) is 11.5 Å². The summed E-state index contributed by atoms with van der Waals surface area (Å²) in [5, 5.41) is 3.68. The molecule has 0 bridgehead atoms. The lowest BCUT2D eigenvalue weighted by atomic mass is 10.1. The average Bonchev–Trinajstić information content (AvgIpc) is 2.73. The van der Waals surface area contributed by atoms with Crippen LogP contribution in [0.2, 0.25) is 5.02 Å². The Morgan fingerprint density at radius 1 is 1.03 bits per heavy atom. The maximum Gasteiger partial charge on any atom is 0.251 e. The van der Waals surface area contributed by atoms with Gasteiger partial charge in [0.1, 0.15) is 18.1 Å². The first-order valence-electron chi connectivity index (χ1n) is 9.39. The zero-order chi connectivity index (χ0) is 20.8. The zero-order valence-electron chi connectivity index (χ0n) is 16.7. The van der Waals surface area contributed by atoms with Gasteiger partial charge in [0.2, 0.25) is 0 Å². The number of ether oxygens (including phenoxy) is 2. The molecule has 3 rings (SSSR count). The smallest absolute Gasteiger partial charge is 0.251 e. The summed E-state index contributed by atoms with van der Waals surface area (Å²) < 4.78 is 11.3. The normalized spacial score (nSPS) is 11.6. The van der Waals surface area contributed by atoms with E-state index in [0.717, 1.165) is 16.9 Å². The Balaban J connectivity index is 1.71. The van der Waals surface area contributed by atoms with E-state index in [9.17, 15) is 4.79 Å². The number of methoxy groups -OCH3 is 1. The van der Waals surface area contributed by atoms with Gasteiger partial charge in [-0.15, -0.1) is 0 Å². The van der Waals surface area contributed by atoms with E-state index in [1.54, 1.807) is 25.3 Å². The third kappa shape index (κ3) is 5.52. The number of hydrogen-bond donors (Lipinski definition) is 1. The number of carbonyl (C=O) groups excluding carboxylic acids is 1. The van der Waals surface area contributed by atoms with Gasteiger partial charge in [-0.2, -0.15) is 0 Å². The molecule has 3 aromatic carbocycles. The van der Waals surface area contributed by atoms with Gasteiger partial charge in [0.15, 0.2) is 0 Å². The number of nitrogens with one attached hydrogen (secondary N) is 1. The first-order valence-corrected chi connectivity index (χ1v) is 9.77. The molecule has 0 saturated carbocycles. The Hall–Kier alpha value is -2.98. The summed E-state index contributed by atoms with van der Waals surface area (Å²) in [6.45, 7) is 4.27. The van der Waals surface area contributed by atoms with Gasteiger partial charge < -0.3 is 14.8 Å². The molecule has 1 amide bonds. The number of rotatable bonds is 7. The van der Waals surface area contributed by atoms with Crippen LogP contribution in [-0.2, 0) is 6.61 Å². The quantitative estimate of drug-likeness (QED) is 0.542. The summed E-state index contributed by atoms with van der Waals surface area (Å²) in [6.07, 6.45) is 0. The summed E-state index contributed by atoms with van der Waals surface area (Å²) >= 11 is 5.93. The van der Waals surface area contributed by atoms with Crippen molar-refractivity contribution in [3.63, 3.8) is 0 Å². The van der Waals surface area contributed by atoms with Crippen LogP contribution >= 0.6 is 11.6 Å². The highest BCUT2D eigenvalue weighted by Crippen LogP contribution is 2.23. The third-order valence-corrected chi connectivity index (χ3v) is 4.93. The lowest BCUT2D eigenvalue weighted by Gasteiger charge is -2.16. The van der Waals surface area contributed by atoms with Gasteiger partial charge in [0.25, 0.3) is 5.91 Å². The van der Waals surface area contributed by atoms with E-state index in [4.69, 9.17) is 21.1 Å². The van der Waals surface area contributed by atoms with Gasteiger partial charge in [0.05, 0.1) is 13.2 Å².